The first-order valence-corrected chi connectivity index (χ1v) is 7.77. The molecule has 108 valence electrons. The number of nitrogens with one attached hydrogen (secondary N) is 1. The van der Waals surface area contributed by atoms with E-state index in [4.69, 9.17) is 9.47 Å². The zero-order valence-electron chi connectivity index (χ0n) is 12.3. The van der Waals surface area contributed by atoms with Crippen LogP contribution in [-0.2, 0) is 4.74 Å². The molecule has 3 aliphatic rings. The quantitative estimate of drug-likeness (QED) is 0.898. The Bertz CT molecular complexity index is 513. The maximum atomic E-state index is 5.99. The van der Waals surface area contributed by atoms with Crippen LogP contribution in [0.25, 0.3) is 0 Å². The molecule has 1 saturated carbocycles. The van der Waals surface area contributed by atoms with Gasteiger partial charge in [0.2, 0.25) is 0 Å². The standard InChI is InChI=1S/C17H23NO2/c1-17(2)15(12-7-5-9-19-16(12)17)18-13-10-20-14-8-4-3-6-11(13)14/h3-4,6,8,12-13,15-16,18H,5,7,9-10H2,1-2H3. The van der Waals surface area contributed by atoms with Crippen molar-refractivity contribution >= 4 is 0 Å². The molecule has 0 aromatic heterocycles. The molecule has 2 fully saturated rings. The summed E-state index contributed by atoms with van der Waals surface area (Å²) < 4.78 is 11.8. The second-order valence-electron chi connectivity index (χ2n) is 6.96. The van der Waals surface area contributed by atoms with Crippen LogP contribution < -0.4 is 10.1 Å². The van der Waals surface area contributed by atoms with Gasteiger partial charge >= 0.3 is 0 Å². The molecule has 1 aliphatic carbocycles. The highest BCUT2D eigenvalue weighted by atomic mass is 16.5. The highest BCUT2D eigenvalue weighted by Gasteiger charge is 2.58. The molecule has 2 heterocycles. The van der Waals surface area contributed by atoms with Gasteiger partial charge in [-0.2, -0.15) is 0 Å². The Labute approximate surface area is 120 Å². The average Bonchev–Trinajstić information content (AvgIpc) is 2.88. The Kier molecular flexibility index (Phi) is 2.83. The molecule has 4 unspecified atom stereocenters. The van der Waals surface area contributed by atoms with Gasteiger partial charge in [-0.15, -0.1) is 0 Å². The van der Waals surface area contributed by atoms with Crippen LogP contribution in [0, 0.1) is 11.3 Å². The number of hydrogen-bond acceptors (Lipinski definition) is 3. The van der Waals surface area contributed by atoms with Gasteiger partial charge in [-0.3, -0.25) is 0 Å². The van der Waals surface area contributed by atoms with E-state index in [2.05, 4.69) is 37.4 Å². The first-order chi connectivity index (χ1) is 9.68. The van der Waals surface area contributed by atoms with Crippen LogP contribution in [0.5, 0.6) is 5.75 Å². The van der Waals surface area contributed by atoms with Crippen LogP contribution in [0.1, 0.15) is 38.3 Å². The molecule has 1 aromatic carbocycles. The molecular formula is C17H23NO2. The molecule has 3 nitrogen and oxygen atoms in total. The van der Waals surface area contributed by atoms with Crippen molar-refractivity contribution in [1.82, 2.24) is 5.32 Å². The van der Waals surface area contributed by atoms with Gasteiger partial charge in [0.05, 0.1) is 12.1 Å². The van der Waals surface area contributed by atoms with Crippen LogP contribution in [0.3, 0.4) is 0 Å². The van der Waals surface area contributed by atoms with Gasteiger partial charge < -0.3 is 14.8 Å². The van der Waals surface area contributed by atoms with Crippen molar-refractivity contribution in [2.24, 2.45) is 11.3 Å². The lowest BCUT2D eigenvalue weighted by molar-refractivity contribution is -0.194. The maximum absolute atomic E-state index is 5.99. The third-order valence-corrected chi connectivity index (χ3v) is 5.41. The summed E-state index contributed by atoms with van der Waals surface area (Å²) in [6.07, 6.45) is 2.93. The highest BCUT2D eigenvalue weighted by Crippen LogP contribution is 2.52. The molecule has 1 aromatic rings. The van der Waals surface area contributed by atoms with Gasteiger partial charge in [0.1, 0.15) is 12.4 Å². The molecule has 4 rings (SSSR count). The summed E-state index contributed by atoms with van der Waals surface area (Å²) in [6.45, 7) is 6.36. The Hall–Kier alpha value is -1.06. The van der Waals surface area contributed by atoms with Gasteiger partial charge in [0.25, 0.3) is 0 Å². The van der Waals surface area contributed by atoms with E-state index in [0.717, 1.165) is 19.0 Å². The second-order valence-corrected chi connectivity index (χ2v) is 6.96. The summed E-state index contributed by atoms with van der Waals surface area (Å²) in [5.41, 5.74) is 1.53. The maximum Gasteiger partial charge on any atom is 0.124 e. The van der Waals surface area contributed by atoms with Gasteiger partial charge in [-0.25, -0.2) is 0 Å². The number of fused-ring (bicyclic) bond motifs is 2. The van der Waals surface area contributed by atoms with Gasteiger partial charge in [-0.05, 0) is 18.9 Å². The normalized spacial score (nSPS) is 37.5. The van der Waals surface area contributed by atoms with E-state index in [1.807, 2.05) is 6.07 Å². The first kappa shape index (κ1) is 12.7. The molecule has 3 heteroatoms. The molecule has 2 aliphatic heterocycles. The lowest BCUT2D eigenvalue weighted by Crippen LogP contribution is -2.69. The number of ether oxygens (including phenoxy) is 2. The predicted molar refractivity (Wildman–Crippen MR) is 77.8 cm³/mol. The summed E-state index contributed by atoms with van der Waals surface area (Å²) in [5, 5.41) is 3.86. The number of rotatable bonds is 2. The van der Waals surface area contributed by atoms with E-state index in [1.165, 1.54) is 18.4 Å². The minimum atomic E-state index is 0.225. The smallest absolute Gasteiger partial charge is 0.124 e. The zero-order chi connectivity index (χ0) is 13.7. The summed E-state index contributed by atoms with van der Waals surface area (Å²) in [7, 11) is 0. The fourth-order valence-corrected chi connectivity index (χ4v) is 4.38. The van der Waals surface area contributed by atoms with E-state index in [0.29, 0.717) is 24.1 Å². The minimum absolute atomic E-state index is 0.225. The Balaban J connectivity index is 1.52. The monoisotopic (exact) mass is 273 g/mol. The fraction of sp³-hybridized carbons (Fsp3) is 0.647. The van der Waals surface area contributed by atoms with Crippen LogP contribution in [0.2, 0.25) is 0 Å². The van der Waals surface area contributed by atoms with E-state index in [9.17, 15) is 0 Å². The van der Waals surface area contributed by atoms with Crippen molar-refractivity contribution in [3.8, 4) is 5.75 Å². The van der Waals surface area contributed by atoms with Crippen molar-refractivity contribution in [1.29, 1.82) is 0 Å². The van der Waals surface area contributed by atoms with Crippen molar-refractivity contribution < 1.29 is 9.47 Å². The second kappa shape index (κ2) is 4.47. The van der Waals surface area contributed by atoms with Crippen molar-refractivity contribution in [2.45, 2.75) is 44.9 Å². The van der Waals surface area contributed by atoms with Gasteiger partial charge in [0, 0.05) is 29.5 Å². The van der Waals surface area contributed by atoms with Crippen LogP contribution in [-0.4, -0.2) is 25.4 Å². The van der Waals surface area contributed by atoms with Crippen LogP contribution in [0.4, 0.5) is 0 Å². The van der Waals surface area contributed by atoms with E-state index in [1.54, 1.807) is 0 Å². The highest BCUT2D eigenvalue weighted by molar-refractivity contribution is 5.39. The summed E-state index contributed by atoms with van der Waals surface area (Å²) >= 11 is 0. The number of para-hydroxylation sites is 1. The molecule has 1 N–H and O–H groups in total. The van der Waals surface area contributed by atoms with Crippen LogP contribution >= 0.6 is 0 Å². The third kappa shape index (κ3) is 1.73. The van der Waals surface area contributed by atoms with Crippen molar-refractivity contribution in [3.63, 3.8) is 0 Å². The van der Waals surface area contributed by atoms with E-state index in [-0.39, 0.29) is 5.41 Å². The molecule has 0 spiro atoms. The fourth-order valence-electron chi connectivity index (χ4n) is 4.38. The number of hydrogen-bond donors (Lipinski definition) is 1. The molecule has 1 saturated heterocycles. The molecule has 0 bridgehead atoms. The topological polar surface area (TPSA) is 30.5 Å². The van der Waals surface area contributed by atoms with Crippen molar-refractivity contribution in [3.05, 3.63) is 29.8 Å². The lowest BCUT2D eigenvalue weighted by Gasteiger charge is -2.60. The van der Waals surface area contributed by atoms with E-state index >= 15 is 0 Å². The Morgan fingerprint density at radius 3 is 3.00 bits per heavy atom. The molecular weight excluding hydrogens is 250 g/mol. The summed E-state index contributed by atoms with van der Waals surface area (Å²) in [6, 6.07) is 9.25. The average molecular weight is 273 g/mol. The molecule has 0 amide bonds. The third-order valence-electron chi connectivity index (χ3n) is 5.41. The lowest BCUT2D eigenvalue weighted by atomic mass is 9.55. The van der Waals surface area contributed by atoms with Crippen molar-refractivity contribution in [2.75, 3.05) is 13.2 Å². The zero-order valence-corrected chi connectivity index (χ0v) is 12.3. The molecule has 20 heavy (non-hydrogen) atoms. The Morgan fingerprint density at radius 1 is 1.25 bits per heavy atom. The number of benzene rings is 1. The van der Waals surface area contributed by atoms with Crippen LogP contribution in [0.15, 0.2) is 24.3 Å². The molecule has 4 atom stereocenters. The van der Waals surface area contributed by atoms with E-state index < -0.39 is 0 Å². The Morgan fingerprint density at radius 2 is 2.10 bits per heavy atom. The summed E-state index contributed by atoms with van der Waals surface area (Å²) in [5.74, 6) is 1.71. The SMILES string of the molecule is CC1(C)C(NC2COc3ccccc32)C2CCCOC21. The predicted octanol–water partition coefficient (Wildman–Crippen LogP) is 2.91. The molecule has 0 radical (unpaired) electrons. The minimum Gasteiger partial charge on any atom is -0.491 e. The first-order valence-electron chi connectivity index (χ1n) is 7.77. The van der Waals surface area contributed by atoms with Gasteiger partial charge in [0.15, 0.2) is 0 Å². The summed E-state index contributed by atoms with van der Waals surface area (Å²) in [4.78, 5) is 0. The van der Waals surface area contributed by atoms with Gasteiger partial charge in [-0.1, -0.05) is 32.0 Å². The largest absolute Gasteiger partial charge is 0.491 e.